The molecule has 2 aliphatic rings. The van der Waals surface area contributed by atoms with Crippen LogP contribution in [0.1, 0.15) is 17.5 Å². The molecule has 0 fully saturated rings. The minimum atomic E-state index is -1.39. The molecule has 2 aromatic carbocycles. The lowest BCUT2D eigenvalue weighted by atomic mass is 9.61. The third-order valence-electron chi connectivity index (χ3n) is 4.40. The van der Waals surface area contributed by atoms with Crippen molar-refractivity contribution in [3.63, 3.8) is 0 Å². The van der Waals surface area contributed by atoms with Crippen molar-refractivity contribution in [1.29, 1.82) is 0 Å². The summed E-state index contributed by atoms with van der Waals surface area (Å²) in [6.45, 7) is 0. The smallest absolute Gasteiger partial charge is 0.237 e. The van der Waals surface area contributed by atoms with Gasteiger partial charge >= 0.3 is 0 Å². The number of primary amides is 2. The number of rotatable bonds is 2. The van der Waals surface area contributed by atoms with E-state index in [2.05, 4.69) is 0 Å². The SMILES string of the molecule is NC(=O)C1(C(N)=O)CC=CC2=C1c1ccccc12.c1ccccc1. The van der Waals surface area contributed by atoms with E-state index in [1.165, 1.54) is 0 Å². The first-order chi connectivity index (χ1) is 11.6. The van der Waals surface area contributed by atoms with Crippen molar-refractivity contribution >= 4 is 23.0 Å². The molecule has 0 heterocycles. The molecule has 2 aliphatic carbocycles. The number of carbonyl (C=O) groups excluding carboxylic acids is 2. The molecule has 0 radical (unpaired) electrons. The van der Waals surface area contributed by atoms with Crippen molar-refractivity contribution in [3.05, 3.63) is 83.9 Å². The van der Waals surface area contributed by atoms with Gasteiger partial charge in [0.2, 0.25) is 11.8 Å². The molecule has 0 bridgehead atoms. The molecule has 120 valence electrons. The van der Waals surface area contributed by atoms with E-state index in [1.807, 2.05) is 66.7 Å². The highest BCUT2D eigenvalue weighted by Gasteiger charge is 2.52. The first kappa shape index (κ1) is 15.7. The van der Waals surface area contributed by atoms with E-state index in [4.69, 9.17) is 11.5 Å². The molecule has 4 nitrogen and oxygen atoms in total. The topological polar surface area (TPSA) is 86.2 Å². The van der Waals surface area contributed by atoms with E-state index < -0.39 is 17.2 Å². The summed E-state index contributed by atoms with van der Waals surface area (Å²) >= 11 is 0. The second-order valence-electron chi connectivity index (χ2n) is 5.73. The van der Waals surface area contributed by atoms with Gasteiger partial charge in [0.25, 0.3) is 0 Å². The number of hydrogen-bond donors (Lipinski definition) is 2. The quantitative estimate of drug-likeness (QED) is 0.834. The number of nitrogens with two attached hydrogens (primary N) is 2. The van der Waals surface area contributed by atoms with Crippen LogP contribution < -0.4 is 11.5 Å². The molecule has 0 spiro atoms. The zero-order valence-electron chi connectivity index (χ0n) is 13.1. The lowest BCUT2D eigenvalue weighted by Gasteiger charge is -2.40. The summed E-state index contributed by atoms with van der Waals surface area (Å²) in [5.74, 6) is -1.36. The Morgan fingerprint density at radius 1 is 0.792 bits per heavy atom. The first-order valence-electron chi connectivity index (χ1n) is 7.70. The third kappa shape index (κ3) is 2.33. The summed E-state index contributed by atoms with van der Waals surface area (Å²) in [7, 11) is 0. The van der Waals surface area contributed by atoms with Gasteiger partial charge < -0.3 is 11.5 Å². The van der Waals surface area contributed by atoms with Crippen LogP contribution in [-0.2, 0) is 9.59 Å². The molecule has 4 N–H and O–H groups in total. The van der Waals surface area contributed by atoms with Crippen molar-refractivity contribution < 1.29 is 9.59 Å². The Kier molecular flexibility index (Phi) is 4.04. The van der Waals surface area contributed by atoms with E-state index >= 15 is 0 Å². The lowest BCUT2D eigenvalue weighted by molar-refractivity contribution is -0.135. The maximum absolute atomic E-state index is 11.8. The number of hydrogen-bond acceptors (Lipinski definition) is 2. The van der Waals surface area contributed by atoms with Gasteiger partial charge in [0, 0.05) is 0 Å². The molecule has 2 amide bonds. The fraction of sp³-hybridized carbons (Fsp3) is 0.100. The van der Waals surface area contributed by atoms with E-state index in [1.54, 1.807) is 6.08 Å². The van der Waals surface area contributed by atoms with E-state index in [9.17, 15) is 9.59 Å². The van der Waals surface area contributed by atoms with Gasteiger partial charge in [-0.2, -0.15) is 0 Å². The first-order valence-corrected chi connectivity index (χ1v) is 7.70. The summed E-state index contributed by atoms with van der Waals surface area (Å²) in [6, 6.07) is 19.6. The number of carbonyl (C=O) groups is 2. The molecule has 0 unspecified atom stereocenters. The van der Waals surface area contributed by atoms with E-state index in [-0.39, 0.29) is 6.42 Å². The fourth-order valence-corrected chi connectivity index (χ4v) is 3.20. The molecule has 2 aromatic rings. The van der Waals surface area contributed by atoms with E-state index in [0.29, 0.717) is 5.57 Å². The number of benzene rings is 2. The van der Waals surface area contributed by atoms with Gasteiger partial charge in [-0.15, -0.1) is 0 Å². The summed E-state index contributed by atoms with van der Waals surface area (Å²) in [5.41, 5.74) is 13.0. The maximum atomic E-state index is 11.8. The van der Waals surface area contributed by atoms with Gasteiger partial charge in [0.15, 0.2) is 5.41 Å². The second-order valence-corrected chi connectivity index (χ2v) is 5.73. The average molecular weight is 318 g/mol. The van der Waals surface area contributed by atoms with Crippen molar-refractivity contribution in [2.75, 3.05) is 0 Å². The Morgan fingerprint density at radius 2 is 1.29 bits per heavy atom. The third-order valence-corrected chi connectivity index (χ3v) is 4.40. The Balaban J connectivity index is 0.000000238. The van der Waals surface area contributed by atoms with Crippen LogP contribution in [0.2, 0.25) is 0 Å². The zero-order valence-corrected chi connectivity index (χ0v) is 13.1. The van der Waals surface area contributed by atoms with Crippen molar-refractivity contribution in [3.8, 4) is 0 Å². The minimum Gasteiger partial charge on any atom is -0.368 e. The van der Waals surface area contributed by atoms with Gasteiger partial charge in [-0.3, -0.25) is 9.59 Å². The summed E-state index contributed by atoms with van der Waals surface area (Å²) in [5, 5.41) is 0. The van der Waals surface area contributed by atoms with Gasteiger partial charge in [-0.1, -0.05) is 72.8 Å². The monoisotopic (exact) mass is 318 g/mol. The Morgan fingerprint density at radius 3 is 1.79 bits per heavy atom. The van der Waals surface area contributed by atoms with Crippen molar-refractivity contribution in [2.24, 2.45) is 16.9 Å². The highest BCUT2D eigenvalue weighted by Crippen LogP contribution is 2.54. The Hall–Kier alpha value is -3.14. The predicted molar refractivity (Wildman–Crippen MR) is 94.3 cm³/mol. The Labute approximate surface area is 140 Å². The molecular formula is C20H18N2O2. The molecule has 0 saturated carbocycles. The van der Waals surface area contributed by atoms with Crippen LogP contribution in [0.15, 0.2) is 72.8 Å². The maximum Gasteiger partial charge on any atom is 0.237 e. The molecule has 4 heteroatoms. The number of allylic oxidation sites excluding steroid dienone is 3. The van der Waals surface area contributed by atoms with E-state index in [0.717, 1.165) is 16.7 Å². The second kappa shape index (κ2) is 6.16. The average Bonchev–Trinajstić information content (AvgIpc) is 2.60. The van der Waals surface area contributed by atoms with Gasteiger partial charge in [-0.25, -0.2) is 0 Å². The summed E-state index contributed by atoms with van der Waals surface area (Å²) in [4.78, 5) is 23.5. The summed E-state index contributed by atoms with van der Waals surface area (Å²) < 4.78 is 0. The normalized spacial score (nSPS) is 16.0. The van der Waals surface area contributed by atoms with Crippen LogP contribution in [-0.4, -0.2) is 11.8 Å². The number of amides is 2. The highest BCUT2D eigenvalue weighted by molar-refractivity contribution is 6.25. The van der Waals surface area contributed by atoms with Gasteiger partial charge in [0.05, 0.1) is 0 Å². The van der Waals surface area contributed by atoms with Crippen LogP contribution in [0.25, 0.3) is 11.1 Å². The minimum absolute atomic E-state index is 0.241. The van der Waals surface area contributed by atoms with Crippen molar-refractivity contribution in [1.82, 2.24) is 0 Å². The van der Waals surface area contributed by atoms with Crippen LogP contribution in [0.4, 0.5) is 0 Å². The van der Waals surface area contributed by atoms with Crippen LogP contribution >= 0.6 is 0 Å². The van der Waals surface area contributed by atoms with Gasteiger partial charge in [0.1, 0.15) is 0 Å². The number of fused-ring (bicyclic) bond motifs is 3. The highest BCUT2D eigenvalue weighted by atomic mass is 16.2. The van der Waals surface area contributed by atoms with Gasteiger partial charge in [-0.05, 0) is 28.7 Å². The standard InChI is InChI=1S/C14H12N2O2.C6H6/c15-12(17)14(13(16)18)7-3-6-10-8-4-1-2-5-9(8)11(10)14;1-2-4-6-5-3-1/h1-6H,7H2,(H2,15,17)(H2,16,18);1-6H. The van der Waals surface area contributed by atoms with Crippen LogP contribution in [0.3, 0.4) is 0 Å². The molecule has 24 heavy (non-hydrogen) atoms. The molecule has 4 rings (SSSR count). The fourth-order valence-electron chi connectivity index (χ4n) is 3.20. The van der Waals surface area contributed by atoms with Crippen molar-refractivity contribution in [2.45, 2.75) is 6.42 Å². The molecule has 0 aliphatic heterocycles. The lowest BCUT2D eigenvalue weighted by Crippen LogP contribution is -2.50. The molecule has 0 saturated heterocycles. The van der Waals surface area contributed by atoms with Crippen LogP contribution in [0.5, 0.6) is 0 Å². The molecule has 0 aromatic heterocycles. The Bertz CT molecular complexity index is 810. The predicted octanol–water partition coefficient (Wildman–Crippen LogP) is 2.51. The molecule has 0 atom stereocenters. The van der Waals surface area contributed by atoms with Crippen LogP contribution in [0, 0.1) is 5.41 Å². The zero-order chi connectivity index (χ0) is 17.2. The molecular weight excluding hydrogens is 300 g/mol. The summed E-state index contributed by atoms with van der Waals surface area (Å²) in [6.07, 6.45) is 3.94. The largest absolute Gasteiger partial charge is 0.368 e.